The summed E-state index contributed by atoms with van der Waals surface area (Å²) in [6, 6.07) is 5.91. The molecular weight excluding hydrogens is 244 g/mol. The second kappa shape index (κ2) is 5.31. The zero-order valence-corrected chi connectivity index (χ0v) is 11.6. The van der Waals surface area contributed by atoms with Crippen LogP contribution in [0.3, 0.4) is 0 Å². The third-order valence-electron chi connectivity index (χ3n) is 2.70. The summed E-state index contributed by atoms with van der Waals surface area (Å²) in [7, 11) is 0. The van der Waals surface area contributed by atoms with Crippen molar-refractivity contribution in [2.24, 2.45) is 0 Å². The summed E-state index contributed by atoms with van der Waals surface area (Å²) in [6.07, 6.45) is 0.421. The summed E-state index contributed by atoms with van der Waals surface area (Å²) in [6.45, 7) is 5.86. The fraction of sp³-hybridized carbons (Fsp3) is 0.286. The van der Waals surface area contributed by atoms with Gasteiger partial charge in [-0.05, 0) is 43.8 Å². The van der Waals surface area contributed by atoms with E-state index in [2.05, 4.69) is 10.3 Å². The number of aromatic nitrogens is 1. The van der Waals surface area contributed by atoms with Crippen LogP contribution in [-0.4, -0.2) is 10.9 Å². The second-order valence-electron chi connectivity index (χ2n) is 4.35. The molecule has 1 amide bonds. The maximum absolute atomic E-state index is 11.9. The van der Waals surface area contributed by atoms with Crippen molar-refractivity contribution in [2.45, 2.75) is 27.2 Å². The number of nitrogens with zero attached hydrogens (tertiary/aromatic N) is 1. The van der Waals surface area contributed by atoms with Gasteiger partial charge in [0.05, 0.1) is 17.8 Å². The Morgan fingerprint density at radius 1 is 1.39 bits per heavy atom. The van der Waals surface area contributed by atoms with Gasteiger partial charge in [-0.15, -0.1) is 11.3 Å². The summed E-state index contributed by atoms with van der Waals surface area (Å²) in [5.74, 6) is 0.00861. The van der Waals surface area contributed by atoms with Crippen LogP contribution in [0.5, 0.6) is 0 Å². The average molecular weight is 260 g/mol. The molecule has 0 fully saturated rings. The van der Waals surface area contributed by atoms with E-state index in [4.69, 9.17) is 0 Å². The Morgan fingerprint density at radius 2 is 2.17 bits per heavy atom. The molecule has 0 saturated heterocycles. The molecule has 0 aliphatic heterocycles. The van der Waals surface area contributed by atoms with Gasteiger partial charge >= 0.3 is 0 Å². The Morgan fingerprint density at radius 3 is 2.78 bits per heavy atom. The number of amides is 1. The molecule has 2 aromatic heterocycles. The van der Waals surface area contributed by atoms with E-state index < -0.39 is 0 Å². The van der Waals surface area contributed by atoms with E-state index in [0.29, 0.717) is 6.42 Å². The van der Waals surface area contributed by atoms with Crippen LogP contribution in [0.25, 0.3) is 0 Å². The predicted molar refractivity (Wildman–Crippen MR) is 75.1 cm³/mol. The van der Waals surface area contributed by atoms with E-state index in [1.165, 1.54) is 0 Å². The van der Waals surface area contributed by atoms with E-state index in [0.717, 1.165) is 27.5 Å². The van der Waals surface area contributed by atoms with Crippen molar-refractivity contribution < 1.29 is 4.79 Å². The first-order chi connectivity index (χ1) is 8.56. The molecule has 0 radical (unpaired) electrons. The summed E-state index contributed by atoms with van der Waals surface area (Å²) in [4.78, 5) is 17.4. The SMILES string of the molecule is Cc1cc(C)c(NC(=O)Cc2cccs2)c(C)n1. The molecule has 0 bridgehead atoms. The highest BCUT2D eigenvalue weighted by Gasteiger charge is 2.10. The van der Waals surface area contributed by atoms with Gasteiger partial charge in [0.1, 0.15) is 0 Å². The van der Waals surface area contributed by atoms with Crippen LogP contribution in [0.2, 0.25) is 0 Å². The molecule has 0 saturated carbocycles. The van der Waals surface area contributed by atoms with Gasteiger partial charge in [0.2, 0.25) is 5.91 Å². The minimum atomic E-state index is 0.00861. The molecule has 4 heteroatoms. The zero-order chi connectivity index (χ0) is 13.1. The van der Waals surface area contributed by atoms with Gasteiger partial charge in [-0.25, -0.2) is 0 Å². The average Bonchev–Trinajstić information content (AvgIpc) is 2.76. The number of carbonyl (C=O) groups excluding carboxylic acids is 1. The van der Waals surface area contributed by atoms with Crippen molar-refractivity contribution in [3.8, 4) is 0 Å². The zero-order valence-electron chi connectivity index (χ0n) is 10.8. The predicted octanol–water partition coefficient (Wildman–Crippen LogP) is 3.25. The molecule has 0 aliphatic rings. The molecule has 94 valence electrons. The summed E-state index contributed by atoms with van der Waals surface area (Å²) >= 11 is 1.60. The van der Waals surface area contributed by atoms with Gasteiger partial charge in [-0.1, -0.05) is 6.07 Å². The molecule has 0 aliphatic carbocycles. The molecule has 0 aromatic carbocycles. The minimum absolute atomic E-state index is 0.00861. The summed E-state index contributed by atoms with van der Waals surface area (Å²) in [5, 5.41) is 4.93. The van der Waals surface area contributed by atoms with Crippen LogP contribution in [0, 0.1) is 20.8 Å². The molecule has 2 aromatic rings. The third-order valence-corrected chi connectivity index (χ3v) is 3.58. The van der Waals surface area contributed by atoms with Crippen LogP contribution in [0.1, 0.15) is 21.8 Å². The molecule has 0 atom stereocenters. The molecule has 1 N–H and O–H groups in total. The van der Waals surface area contributed by atoms with E-state index in [1.807, 2.05) is 44.4 Å². The molecule has 18 heavy (non-hydrogen) atoms. The number of carbonyl (C=O) groups is 1. The van der Waals surface area contributed by atoms with Crippen LogP contribution in [-0.2, 0) is 11.2 Å². The number of nitrogens with one attached hydrogen (secondary N) is 1. The minimum Gasteiger partial charge on any atom is -0.324 e. The largest absolute Gasteiger partial charge is 0.324 e. The first kappa shape index (κ1) is 12.8. The monoisotopic (exact) mass is 260 g/mol. The molecule has 2 heterocycles. The Hall–Kier alpha value is -1.68. The lowest BCUT2D eigenvalue weighted by Gasteiger charge is -2.11. The maximum Gasteiger partial charge on any atom is 0.229 e. The first-order valence-corrected chi connectivity index (χ1v) is 6.71. The topological polar surface area (TPSA) is 42.0 Å². The number of anilines is 1. The van der Waals surface area contributed by atoms with Crippen molar-refractivity contribution in [1.82, 2.24) is 4.98 Å². The molecule has 0 unspecified atom stereocenters. The molecule has 2 rings (SSSR count). The first-order valence-electron chi connectivity index (χ1n) is 5.83. The van der Waals surface area contributed by atoms with Crippen LogP contribution >= 0.6 is 11.3 Å². The molecule has 0 spiro atoms. The highest BCUT2D eigenvalue weighted by Crippen LogP contribution is 2.20. The Bertz CT molecular complexity index is 538. The van der Waals surface area contributed by atoms with Crippen molar-refractivity contribution in [2.75, 3.05) is 5.32 Å². The number of pyridine rings is 1. The Labute approximate surface area is 111 Å². The fourth-order valence-corrected chi connectivity index (χ4v) is 2.67. The lowest BCUT2D eigenvalue weighted by molar-refractivity contribution is -0.115. The van der Waals surface area contributed by atoms with Gasteiger partial charge in [0, 0.05) is 10.6 Å². The lowest BCUT2D eigenvalue weighted by Crippen LogP contribution is -2.16. The van der Waals surface area contributed by atoms with E-state index in [-0.39, 0.29) is 5.91 Å². The third kappa shape index (κ3) is 2.96. The molecule has 3 nitrogen and oxygen atoms in total. The number of hydrogen-bond acceptors (Lipinski definition) is 3. The maximum atomic E-state index is 11.9. The van der Waals surface area contributed by atoms with E-state index in [1.54, 1.807) is 11.3 Å². The lowest BCUT2D eigenvalue weighted by atomic mass is 10.1. The smallest absolute Gasteiger partial charge is 0.229 e. The van der Waals surface area contributed by atoms with E-state index in [9.17, 15) is 4.79 Å². The second-order valence-corrected chi connectivity index (χ2v) is 5.38. The normalized spacial score (nSPS) is 10.4. The summed E-state index contributed by atoms with van der Waals surface area (Å²) < 4.78 is 0. The van der Waals surface area contributed by atoms with Crippen molar-refractivity contribution in [3.05, 3.63) is 45.4 Å². The van der Waals surface area contributed by atoms with E-state index >= 15 is 0 Å². The van der Waals surface area contributed by atoms with Gasteiger partial charge in [-0.3, -0.25) is 9.78 Å². The van der Waals surface area contributed by atoms with Gasteiger partial charge in [0.25, 0.3) is 0 Å². The van der Waals surface area contributed by atoms with Crippen molar-refractivity contribution >= 4 is 22.9 Å². The van der Waals surface area contributed by atoms with Crippen molar-refractivity contribution in [1.29, 1.82) is 0 Å². The Kier molecular flexibility index (Phi) is 3.77. The number of aryl methyl sites for hydroxylation is 3. The highest BCUT2D eigenvalue weighted by molar-refractivity contribution is 7.10. The number of hydrogen-bond donors (Lipinski definition) is 1. The van der Waals surface area contributed by atoms with Gasteiger partial charge < -0.3 is 5.32 Å². The fourth-order valence-electron chi connectivity index (χ4n) is 1.97. The number of thiophene rings is 1. The highest BCUT2D eigenvalue weighted by atomic mass is 32.1. The van der Waals surface area contributed by atoms with Crippen LogP contribution < -0.4 is 5.32 Å². The molecular formula is C14H16N2OS. The van der Waals surface area contributed by atoms with Crippen LogP contribution in [0.15, 0.2) is 23.6 Å². The van der Waals surface area contributed by atoms with Crippen LogP contribution in [0.4, 0.5) is 5.69 Å². The van der Waals surface area contributed by atoms with Gasteiger partial charge in [0.15, 0.2) is 0 Å². The standard InChI is InChI=1S/C14H16N2OS/c1-9-7-10(2)15-11(3)14(9)16-13(17)8-12-5-4-6-18-12/h4-7H,8H2,1-3H3,(H,16,17). The summed E-state index contributed by atoms with van der Waals surface area (Å²) in [5.41, 5.74) is 3.73. The quantitative estimate of drug-likeness (QED) is 0.920. The van der Waals surface area contributed by atoms with Crippen molar-refractivity contribution in [3.63, 3.8) is 0 Å². The number of rotatable bonds is 3. The van der Waals surface area contributed by atoms with Gasteiger partial charge in [-0.2, -0.15) is 0 Å². The Balaban J connectivity index is 2.12.